The summed E-state index contributed by atoms with van der Waals surface area (Å²) in [6.07, 6.45) is 1.75. The van der Waals surface area contributed by atoms with Gasteiger partial charge in [0.2, 0.25) is 0 Å². The second kappa shape index (κ2) is 4.41. The van der Waals surface area contributed by atoms with Gasteiger partial charge in [-0.3, -0.25) is 9.69 Å². The molecule has 0 radical (unpaired) electrons. The Morgan fingerprint density at radius 2 is 1.93 bits per heavy atom. The molecule has 78 valence electrons. The van der Waals surface area contributed by atoms with Crippen molar-refractivity contribution in [2.45, 2.75) is 13.5 Å². The summed E-state index contributed by atoms with van der Waals surface area (Å²) < 4.78 is 0. The molecule has 0 unspecified atom stereocenters. The normalized spacial score (nSPS) is 17.7. The minimum Gasteiger partial charge on any atom is -0.293 e. The zero-order valence-corrected chi connectivity index (χ0v) is 8.94. The second-order valence-corrected chi connectivity index (χ2v) is 4.09. The van der Waals surface area contributed by atoms with Crippen molar-refractivity contribution in [1.29, 1.82) is 0 Å². The van der Waals surface area contributed by atoms with Crippen LogP contribution < -0.4 is 0 Å². The predicted octanol–water partition coefficient (Wildman–Crippen LogP) is 2.02. The van der Waals surface area contributed by atoms with Crippen molar-refractivity contribution >= 4 is 5.78 Å². The summed E-state index contributed by atoms with van der Waals surface area (Å²) in [6, 6.07) is 10.3. The first-order chi connectivity index (χ1) is 7.24. The zero-order chi connectivity index (χ0) is 10.7. The fourth-order valence-electron chi connectivity index (χ4n) is 1.95. The van der Waals surface area contributed by atoms with Gasteiger partial charge in [-0.1, -0.05) is 35.9 Å². The molecule has 0 atom stereocenters. The molecule has 0 spiro atoms. The van der Waals surface area contributed by atoms with E-state index in [1.165, 1.54) is 5.56 Å². The smallest absolute Gasteiger partial charge is 0.169 e. The SMILES string of the molecule is CC1=CC(=O)CN(Cc2ccccc2)C1. The lowest BCUT2D eigenvalue weighted by atomic mass is 10.1. The third-order valence-electron chi connectivity index (χ3n) is 2.51. The summed E-state index contributed by atoms with van der Waals surface area (Å²) in [4.78, 5) is 13.5. The van der Waals surface area contributed by atoms with Gasteiger partial charge in [-0.15, -0.1) is 0 Å². The van der Waals surface area contributed by atoms with Gasteiger partial charge in [-0.25, -0.2) is 0 Å². The highest BCUT2D eigenvalue weighted by atomic mass is 16.1. The van der Waals surface area contributed by atoms with Crippen LogP contribution in [0.5, 0.6) is 0 Å². The maximum Gasteiger partial charge on any atom is 0.169 e. The molecule has 1 aliphatic heterocycles. The number of hydrogen-bond donors (Lipinski definition) is 0. The quantitative estimate of drug-likeness (QED) is 0.729. The summed E-state index contributed by atoms with van der Waals surface area (Å²) in [5.74, 6) is 0.217. The summed E-state index contributed by atoms with van der Waals surface area (Å²) in [5, 5.41) is 0. The summed E-state index contributed by atoms with van der Waals surface area (Å²) in [7, 11) is 0. The molecule has 0 amide bonds. The van der Waals surface area contributed by atoms with E-state index < -0.39 is 0 Å². The number of hydrogen-bond acceptors (Lipinski definition) is 2. The fourth-order valence-corrected chi connectivity index (χ4v) is 1.95. The summed E-state index contributed by atoms with van der Waals surface area (Å²) in [6.45, 7) is 4.32. The van der Waals surface area contributed by atoms with E-state index in [1.54, 1.807) is 6.08 Å². The van der Waals surface area contributed by atoms with Crippen LogP contribution in [0.25, 0.3) is 0 Å². The minimum absolute atomic E-state index is 0.217. The third-order valence-corrected chi connectivity index (χ3v) is 2.51. The molecule has 0 saturated heterocycles. The van der Waals surface area contributed by atoms with Gasteiger partial charge in [-0.2, -0.15) is 0 Å². The molecule has 0 aromatic heterocycles. The first-order valence-corrected chi connectivity index (χ1v) is 5.20. The van der Waals surface area contributed by atoms with Gasteiger partial charge < -0.3 is 0 Å². The highest BCUT2D eigenvalue weighted by molar-refractivity contribution is 5.92. The lowest BCUT2D eigenvalue weighted by molar-refractivity contribution is -0.116. The average molecular weight is 201 g/mol. The van der Waals surface area contributed by atoms with Crippen molar-refractivity contribution in [3.05, 3.63) is 47.5 Å². The minimum atomic E-state index is 0.217. The maximum atomic E-state index is 11.4. The molecule has 2 rings (SSSR count). The van der Waals surface area contributed by atoms with E-state index in [0.29, 0.717) is 6.54 Å². The number of benzene rings is 1. The molecule has 0 N–H and O–H groups in total. The molecule has 0 fully saturated rings. The number of rotatable bonds is 2. The van der Waals surface area contributed by atoms with Crippen LogP contribution >= 0.6 is 0 Å². The third kappa shape index (κ3) is 2.77. The molecule has 1 aromatic carbocycles. The Bertz CT molecular complexity index is 381. The Morgan fingerprint density at radius 3 is 2.60 bits per heavy atom. The van der Waals surface area contributed by atoms with Crippen LogP contribution in [0.3, 0.4) is 0 Å². The van der Waals surface area contributed by atoms with Crippen molar-refractivity contribution in [3.8, 4) is 0 Å². The van der Waals surface area contributed by atoms with Gasteiger partial charge in [0.05, 0.1) is 6.54 Å². The van der Waals surface area contributed by atoms with E-state index in [9.17, 15) is 4.79 Å². The molecule has 2 nitrogen and oxygen atoms in total. The standard InChI is InChI=1S/C13H15NO/c1-11-7-13(15)10-14(8-11)9-12-5-3-2-4-6-12/h2-7H,8-10H2,1H3. The van der Waals surface area contributed by atoms with Crippen molar-refractivity contribution in [1.82, 2.24) is 4.90 Å². The van der Waals surface area contributed by atoms with Gasteiger partial charge in [0.15, 0.2) is 5.78 Å². The Kier molecular flexibility index (Phi) is 2.97. The van der Waals surface area contributed by atoms with Gasteiger partial charge in [0, 0.05) is 13.1 Å². The Balaban J connectivity index is 2.02. The van der Waals surface area contributed by atoms with Gasteiger partial charge in [0.25, 0.3) is 0 Å². The monoisotopic (exact) mass is 201 g/mol. The van der Waals surface area contributed by atoms with E-state index in [2.05, 4.69) is 17.0 Å². The molecule has 0 bridgehead atoms. The van der Waals surface area contributed by atoms with Crippen LogP contribution in [0.15, 0.2) is 42.0 Å². The van der Waals surface area contributed by atoms with E-state index in [1.807, 2.05) is 25.1 Å². The molecule has 15 heavy (non-hydrogen) atoms. The summed E-state index contributed by atoms with van der Waals surface area (Å²) >= 11 is 0. The highest BCUT2D eigenvalue weighted by Crippen LogP contribution is 2.10. The topological polar surface area (TPSA) is 20.3 Å². The van der Waals surface area contributed by atoms with Crippen molar-refractivity contribution in [3.63, 3.8) is 0 Å². The maximum absolute atomic E-state index is 11.4. The van der Waals surface area contributed by atoms with Gasteiger partial charge in [-0.05, 0) is 18.6 Å². The zero-order valence-electron chi connectivity index (χ0n) is 8.94. The molecule has 0 aliphatic carbocycles. The number of carbonyl (C=O) groups excluding carboxylic acids is 1. The van der Waals surface area contributed by atoms with Crippen LogP contribution in [0, 0.1) is 0 Å². The molecule has 2 heteroatoms. The molecule has 1 aromatic rings. The van der Waals surface area contributed by atoms with Crippen molar-refractivity contribution < 1.29 is 4.79 Å². The number of nitrogens with zero attached hydrogens (tertiary/aromatic N) is 1. The van der Waals surface area contributed by atoms with E-state index in [0.717, 1.165) is 18.7 Å². The lowest BCUT2D eigenvalue weighted by Gasteiger charge is -2.24. The Labute approximate surface area is 90.2 Å². The fraction of sp³-hybridized carbons (Fsp3) is 0.308. The Hall–Kier alpha value is -1.41. The molecule has 0 saturated carbocycles. The van der Waals surface area contributed by atoms with Gasteiger partial charge in [0.1, 0.15) is 0 Å². The van der Waals surface area contributed by atoms with Crippen molar-refractivity contribution in [2.24, 2.45) is 0 Å². The lowest BCUT2D eigenvalue weighted by Crippen LogP contribution is -2.33. The number of ketones is 1. The van der Waals surface area contributed by atoms with Gasteiger partial charge >= 0.3 is 0 Å². The highest BCUT2D eigenvalue weighted by Gasteiger charge is 2.15. The first kappa shape index (κ1) is 10.1. The molecule has 1 aliphatic rings. The van der Waals surface area contributed by atoms with E-state index in [-0.39, 0.29) is 5.78 Å². The molecular weight excluding hydrogens is 186 g/mol. The molecule has 1 heterocycles. The Morgan fingerprint density at radius 1 is 1.20 bits per heavy atom. The van der Waals surface area contributed by atoms with Crippen molar-refractivity contribution in [2.75, 3.05) is 13.1 Å². The molecular formula is C13H15NO. The van der Waals surface area contributed by atoms with Crippen LogP contribution in [-0.2, 0) is 11.3 Å². The van der Waals surface area contributed by atoms with Crippen LogP contribution in [0.1, 0.15) is 12.5 Å². The van der Waals surface area contributed by atoms with E-state index in [4.69, 9.17) is 0 Å². The van der Waals surface area contributed by atoms with Crippen LogP contribution in [0.4, 0.5) is 0 Å². The second-order valence-electron chi connectivity index (χ2n) is 4.09. The van der Waals surface area contributed by atoms with Crippen LogP contribution in [0.2, 0.25) is 0 Å². The first-order valence-electron chi connectivity index (χ1n) is 5.20. The predicted molar refractivity (Wildman–Crippen MR) is 60.5 cm³/mol. The number of carbonyl (C=O) groups is 1. The largest absolute Gasteiger partial charge is 0.293 e. The van der Waals surface area contributed by atoms with Crippen LogP contribution in [-0.4, -0.2) is 23.8 Å². The van der Waals surface area contributed by atoms with E-state index >= 15 is 0 Å². The average Bonchev–Trinajstić information content (AvgIpc) is 2.17. The summed E-state index contributed by atoms with van der Waals surface area (Å²) in [5.41, 5.74) is 2.42.